The zero-order valence-electron chi connectivity index (χ0n) is 35.9. The van der Waals surface area contributed by atoms with Gasteiger partial charge in [0.25, 0.3) is 0 Å². The van der Waals surface area contributed by atoms with Gasteiger partial charge in [0, 0.05) is 64.8 Å². The number of aromatic nitrogens is 1. The predicted molar refractivity (Wildman–Crippen MR) is 236 cm³/mol. The van der Waals surface area contributed by atoms with Crippen LogP contribution in [-0.2, 0) is 36.7 Å². The van der Waals surface area contributed by atoms with Crippen LogP contribution in [0.25, 0.3) is 54.3 Å². The van der Waals surface area contributed by atoms with E-state index in [9.17, 15) is 9.90 Å². The minimum Gasteiger partial charge on any atom is -0.512 e. The zero-order valence-corrected chi connectivity index (χ0v) is 39.1. The van der Waals surface area contributed by atoms with Gasteiger partial charge in [-0.3, -0.25) is 9.78 Å². The van der Waals surface area contributed by atoms with E-state index in [4.69, 9.17) is 9.40 Å². The number of carbonyl (C=O) groups is 1. The van der Waals surface area contributed by atoms with E-state index in [2.05, 4.69) is 115 Å². The van der Waals surface area contributed by atoms with Crippen molar-refractivity contribution in [2.75, 3.05) is 0 Å². The van der Waals surface area contributed by atoms with Gasteiger partial charge in [0.1, 0.15) is 21.9 Å². The smallest absolute Gasteiger partial charge is 0.164 e. The van der Waals surface area contributed by atoms with Crippen molar-refractivity contribution in [3.05, 3.63) is 100 Å². The molecule has 0 bridgehead atoms. The Morgan fingerprint density at radius 1 is 0.857 bits per heavy atom. The third kappa shape index (κ3) is 9.41. The molecule has 3 aromatic carbocycles. The fourth-order valence-corrected chi connectivity index (χ4v) is 8.10. The number of furan rings is 1. The quantitative estimate of drug-likeness (QED) is 0.0798. The van der Waals surface area contributed by atoms with Crippen molar-refractivity contribution >= 4 is 49.1 Å². The maximum atomic E-state index is 12.2. The summed E-state index contributed by atoms with van der Waals surface area (Å²) in [6.45, 7) is 27.7. The Kier molecular flexibility index (Phi) is 14.4. The van der Waals surface area contributed by atoms with Gasteiger partial charge < -0.3 is 9.52 Å². The van der Waals surface area contributed by atoms with Crippen molar-refractivity contribution in [2.24, 2.45) is 16.7 Å². The third-order valence-corrected chi connectivity index (χ3v) is 13.0. The summed E-state index contributed by atoms with van der Waals surface area (Å²) in [7, 11) is 0. The maximum Gasteiger partial charge on any atom is 0.164 e. The number of pyridine rings is 1. The van der Waals surface area contributed by atoms with Crippen molar-refractivity contribution in [3.8, 4) is 22.4 Å². The molecule has 301 valence electrons. The second kappa shape index (κ2) is 17.9. The van der Waals surface area contributed by atoms with Crippen molar-refractivity contribution in [2.45, 2.75) is 128 Å². The Balaban J connectivity index is 0.000000330. The van der Waals surface area contributed by atoms with Crippen molar-refractivity contribution in [3.63, 3.8) is 0 Å². The fourth-order valence-electron chi connectivity index (χ4n) is 7.19. The topological polar surface area (TPSA) is 63.3 Å². The van der Waals surface area contributed by atoms with Crippen LogP contribution in [-0.4, -0.2) is 15.9 Å². The van der Waals surface area contributed by atoms with Crippen LogP contribution in [0.15, 0.2) is 76.9 Å². The Labute approximate surface area is 353 Å². The molecule has 0 amide bonds. The molecule has 4 nitrogen and oxygen atoms in total. The van der Waals surface area contributed by atoms with E-state index in [0.717, 1.165) is 70.5 Å². The van der Waals surface area contributed by atoms with Crippen LogP contribution in [0.2, 0.25) is 0 Å². The molecule has 0 spiro atoms. The zero-order chi connectivity index (χ0) is 40.5. The van der Waals surface area contributed by atoms with Crippen molar-refractivity contribution < 1.29 is 34.4 Å². The Morgan fingerprint density at radius 3 is 2.11 bits per heavy atom. The molecule has 6 heteroatoms. The number of aliphatic hydroxyl groups is 1. The van der Waals surface area contributed by atoms with E-state index in [0.29, 0.717) is 5.92 Å². The minimum atomic E-state index is -0.337. The van der Waals surface area contributed by atoms with Gasteiger partial charge in [-0.15, -0.1) is 40.5 Å². The summed E-state index contributed by atoms with van der Waals surface area (Å²) in [5, 5.41) is 14.9. The Bertz CT molecular complexity index is 2340. The molecule has 1 radical (unpaired) electrons. The summed E-state index contributed by atoms with van der Waals surface area (Å²) < 4.78 is 6.39. The van der Waals surface area contributed by atoms with Gasteiger partial charge in [0.2, 0.25) is 0 Å². The predicted octanol–water partition coefficient (Wildman–Crippen LogP) is 15.1. The number of hydrogen-bond donors (Lipinski definition) is 1. The molecule has 6 aromatic rings. The first-order valence-electron chi connectivity index (χ1n) is 20.2. The second-order valence-corrected chi connectivity index (χ2v) is 18.6. The molecule has 1 N–H and O–H groups in total. The van der Waals surface area contributed by atoms with Gasteiger partial charge in [0.05, 0.1) is 0 Å². The van der Waals surface area contributed by atoms with Gasteiger partial charge in [-0.05, 0) is 79.7 Å². The first-order valence-corrected chi connectivity index (χ1v) is 21.0. The Morgan fingerprint density at radius 2 is 1.50 bits per heavy atom. The van der Waals surface area contributed by atoms with Crippen molar-refractivity contribution in [1.82, 2.24) is 4.98 Å². The summed E-state index contributed by atoms with van der Waals surface area (Å²) in [6.07, 6.45) is 5.71. The first-order chi connectivity index (χ1) is 25.9. The molecule has 0 fully saturated rings. The number of ketones is 1. The third-order valence-electron chi connectivity index (χ3n) is 12.0. The molecule has 0 saturated carbocycles. The van der Waals surface area contributed by atoms with Crippen LogP contribution in [0.5, 0.6) is 0 Å². The maximum absolute atomic E-state index is 12.2. The number of aryl methyl sites for hydroxylation is 2. The summed E-state index contributed by atoms with van der Waals surface area (Å²) in [5.41, 5.74) is 7.28. The number of thiophene rings is 1. The summed E-state index contributed by atoms with van der Waals surface area (Å²) in [6, 6.07) is 25.7. The van der Waals surface area contributed by atoms with Crippen LogP contribution in [0.1, 0.15) is 124 Å². The minimum absolute atomic E-state index is 0. The SMILES string of the molecule is CCC(C)(CC)C(=O)/C=C(\O)C(C)(CC)CC.Cc1cc2c(-c3ccc4c(C)c(CC(C)C)oc4c3)cc(-c3[c-]c4ccccc4c(C(C)(C)C)c3)nc2s1.[Ir]. The number of fused-ring (bicyclic) bond motifs is 3. The molecule has 0 aliphatic heterocycles. The molecular formula is C50H62IrNO3S-. The largest absolute Gasteiger partial charge is 0.512 e. The van der Waals surface area contributed by atoms with Crippen molar-refractivity contribution in [1.29, 1.82) is 0 Å². The molecular weight excluding hydrogens is 887 g/mol. The summed E-state index contributed by atoms with van der Waals surface area (Å²) in [5.74, 6) is 1.94. The van der Waals surface area contributed by atoms with Gasteiger partial charge in [0.15, 0.2) is 5.78 Å². The molecule has 0 saturated heterocycles. The van der Waals surface area contributed by atoms with E-state index >= 15 is 0 Å². The number of hydrogen-bond acceptors (Lipinski definition) is 5. The average molecular weight is 949 g/mol. The molecule has 0 unspecified atom stereocenters. The van der Waals surface area contributed by atoms with Crippen LogP contribution in [0.4, 0.5) is 0 Å². The molecule has 56 heavy (non-hydrogen) atoms. The monoisotopic (exact) mass is 949 g/mol. The van der Waals surface area contributed by atoms with Crippen LogP contribution in [0, 0.1) is 36.7 Å². The van der Waals surface area contributed by atoms with Gasteiger partial charge in [-0.1, -0.05) is 124 Å². The normalized spacial score (nSPS) is 12.6. The van der Waals surface area contributed by atoms with Gasteiger partial charge in [-0.25, -0.2) is 0 Å². The molecule has 0 atom stereocenters. The summed E-state index contributed by atoms with van der Waals surface area (Å²) >= 11 is 1.75. The molecule has 0 aliphatic rings. The number of aliphatic hydroxyl groups excluding tert-OH is 1. The number of rotatable bonds is 11. The summed E-state index contributed by atoms with van der Waals surface area (Å²) in [4.78, 5) is 19.7. The average Bonchev–Trinajstić information content (AvgIpc) is 3.69. The van der Waals surface area contributed by atoms with E-state index in [1.54, 1.807) is 11.3 Å². The van der Waals surface area contributed by atoms with Crippen LogP contribution >= 0.6 is 11.3 Å². The standard InChI is InChI=1S/C35H34NOS.C15H28O2.Ir/c1-20(2)14-32-22(4)26-13-12-24(18-33(26)37-32)28-19-31(36-34-29(28)15-21(3)38-34)25-16-23-10-8-9-11-27(23)30(17-25)35(5,6)7;1-7-14(5,8-2)12(16)11-13(17)15(6,9-3)10-4;/h8-13,15,17-20H,14H2,1-7H3;11,16H,7-10H2,1-6H3;/q-1;;/b;12-11-;. The molecule has 0 aliphatic carbocycles. The Hall–Kier alpha value is -3.57. The van der Waals surface area contributed by atoms with E-state index in [1.165, 1.54) is 43.8 Å². The molecule has 3 aromatic heterocycles. The number of benzene rings is 3. The fraction of sp³-hybridized carbons (Fsp3) is 0.440. The van der Waals surface area contributed by atoms with E-state index in [1.807, 2.05) is 41.5 Å². The number of carbonyl (C=O) groups excluding carboxylic acids is 1. The molecule has 3 heterocycles. The van der Waals surface area contributed by atoms with E-state index in [-0.39, 0.29) is 47.9 Å². The molecule has 6 rings (SSSR count). The van der Waals surface area contributed by atoms with Gasteiger partial charge in [-0.2, -0.15) is 0 Å². The number of allylic oxidation sites excluding steroid dienone is 2. The van der Waals surface area contributed by atoms with E-state index < -0.39 is 0 Å². The van der Waals surface area contributed by atoms with Gasteiger partial charge >= 0.3 is 0 Å². The number of nitrogens with zero attached hydrogens (tertiary/aromatic N) is 1. The second-order valence-electron chi connectivity index (χ2n) is 17.4. The van der Waals surface area contributed by atoms with Crippen LogP contribution in [0.3, 0.4) is 0 Å². The first kappa shape index (κ1) is 45.1. The van der Waals surface area contributed by atoms with Crippen LogP contribution < -0.4 is 0 Å².